The molecule has 2 aromatic rings. The molecule has 1 saturated carbocycles. The molecular weight excluding hydrogens is 472 g/mol. The lowest BCUT2D eigenvalue weighted by molar-refractivity contribution is -0.158. The van der Waals surface area contributed by atoms with Crippen LogP contribution in [-0.2, 0) is 9.59 Å². The van der Waals surface area contributed by atoms with Gasteiger partial charge in [-0.05, 0) is 89.8 Å². The van der Waals surface area contributed by atoms with Gasteiger partial charge in [0.25, 0.3) is 5.91 Å². The highest BCUT2D eigenvalue weighted by Crippen LogP contribution is 2.41. The summed E-state index contributed by atoms with van der Waals surface area (Å²) in [7, 11) is 0. The molecule has 0 spiro atoms. The maximum Gasteiger partial charge on any atom is 0.311 e. The van der Waals surface area contributed by atoms with Gasteiger partial charge in [-0.25, -0.2) is 0 Å². The van der Waals surface area contributed by atoms with Crippen molar-refractivity contribution in [3.05, 3.63) is 47.7 Å². The summed E-state index contributed by atoms with van der Waals surface area (Å²) < 4.78 is 5.71. The second-order valence-corrected chi connectivity index (χ2v) is 11.3. The van der Waals surface area contributed by atoms with E-state index in [1.807, 2.05) is 0 Å². The van der Waals surface area contributed by atoms with Crippen LogP contribution in [0.25, 0.3) is 11.3 Å². The lowest BCUT2D eigenvalue weighted by Gasteiger charge is -2.47. The lowest BCUT2D eigenvalue weighted by atomic mass is 9.68. The Morgan fingerprint density at radius 3 is 2.46 bits per heavy atom. The molecule has 2 heterocycles. The third kappa shape index (κ3) is 5.54. The number of aliphatic carboxylic acids is 1. The van der Waals surface area contributed by atoms with Gasteiger partial charge in [0.1, 0.15) is 11.8 Å². The predicted molar refractivity (Wildman–Crippen MR) is 137 cm³/mol. The van der Waals surface area contributed by atoms with E-state index in [2.05, 4.69) is 37.5 Å². The average molecular weight is 507 g/mol. The zero-order valence-corrected chi connectivity index (χ0v) is 21.7. The van der Waals surface area contributed by atoms with Gasteiger partial charge in [0.2, 0.25) is 5.91 Å². The second-order valence-electron chi connectivity index (χ2n) is 11.3. The van der Waals surface area contributed by atoms with Gasteiger partial charge >= 0.3 is 5.97 Å². The van der Waals surface area contributed by atoms with E-state index in [1.54, 1.807) is 48.2 Å². The number of carboxylic acids is 1. The van der Waals surface area contributed by atoms with E-state index in [9.17, 15) is 19.5 Å². The fourth-order valence-electron chi connectivity index (χ4n) is 5.59. The van der Waals surface area contributed by atoms with Gasteiger partial charge < -0.3 is 25.1 Å². The molecule has 1 aromatic carbocycles. The number of benzene rings is 1. The smallest absolute Gasteiger partial charge is 0.311 e. The van der Waals surface area contributed by atoms with Gasteiger partial charge in [0.05, 0.1) is 17.0 Å². The number of rotatable bonds is 6. The maximum absolute atomic E-state index is 13.3. The third-order valence-electron chi connectivity index (χ3n) is 7.37. The van der Waals surface area contributed by atoms with Crippen molar-refractivity contribution in [1.29, 1.82) is 5.26 Å². The molecular formula is C28H34N4O5. The summed E-state index contributed by atoms with van der Waals surface area (Å²) in [6, 6.07) is 11.0. The maximum atomic E-state index is 13.3. The number of amides is 2. The average Bonchev–Trinajstić information content (AvgIpc) is 3.46. The number of carbonyl (C=O) groups is 3. The van der Waals surface area contributed by atoms with Crippen LogP contribution in [0.4, 0.5) is 0 Å². The molecule has 2 aliphatic rings. The van der Waals surface area contributed by atoms with Crippen LogP contribution in [0.5, 0.6) is 0 Å². The summed E-state index contributed by atoms with van der Waals surface area (Å²) in [6.45, 7) is 8.29. The van der Waals surface area contributed by atoms with Crippen LogP contribution in [0.3, 0.4) is 0 Å². The first kappa shape index (κ1) is 26.4. The van der Waals surface area contributed by atoms with Gasteiger partial charge in [0, 0.05) is 29.7 Å². The highest BCUT2D eigenvalue weighted by atomic mass is 16.4. The number of carboxylic acid groups (broad SMARTS) is 1. The number of nitrogens with one attached hydrogen (secondary N) is 2. The standard InChI is InChI=1S/C28H34N4O5/c1-27(2,3)31-19-9-12-23(28(4,15-19)26(35)36)32-14-13-20(25(32)34)30-24(33)22-11-10-21(37-22)18-7-5-17(16-29)6-8-18/h5-8,10-11,19-20,23,31H,9,12-15H2,1-4H3,(H,30,33)(H,35,36)/t19?,20-,23?,28?/m0/s1. The second kappa shape index (κ2) is 10.0. The minimum Gasteiger partial charge on any atom is -0.481 e. The minimum absolute atomic E-state index is 0.0507. The molecule has 1 aliphatic carbocycles. The van der Waals surface area contributed by atoms with Crippen LogP contribution in [0.15, 0.2) is 40.8 Å². The number of hydrogen-bond acceptors (Lipinski definition) is 6. The Morgan fingerprint density at radius 1 is 1.14 bits per heavy atom. The fraction of sp³-hybridized carbons (Fsp3) is 0.500. The largest absolute Gasteiger partial charge is 0.481 e. The van der Waals surface area contributed by atoms with Gasteiger partial charge in [-0.3, -0.25) is 14.4 Å². The van der Waals surface area contributed by atoms with Crippen molar-refractivity contribution in [2.75, 3.05) is 6.54 Å². The molecule has 196 valence electrons. The summed E-state index contributed by atoms with van der Waals surface area (Å²) >= 11 is 0. The molecule has 3 N–H and O–H groups in total. The monoisotopic (exact) mass is 506 g/mol. The SMILES string of the molecule is CC(C)(C)NC1CCC(N2CC[C@H](NC(=O)c3ccc(-c4ccc(C#N)cc4)o3)C2=O)C(C)(C(=O)O)C1. The van der Waals surface area contributed by atoms with Crippen LogP contribution in [0, 0.1) is 16.7 Å². The molecule has 1 aliphatic heterocycles. The van der Waals surface area contributed by atoms with E-state index in [4.69, 9.17) is 9.68 Å². The molecule has 9 nitrogen and oxygen atoms in total. The minimum atomic E-state index is -1.09. The zero-order valence-electron chi connectivity index (χ0n) is 21.7. The van der Waals surface area contributed by atoms with Crippen molar-refractivity contribution < 1.29 is 23.9 Å². The highest BCUT2D eigenvalue weighted by Gasteiger charge is 2.52. The molecule has 9 heteroatoms. The number of nitriles is 1. The lowest BCUT2D eigenvalue weighted by Crippen LogP contribution is -2.59. The first-order valence-electron chi connectivity index (χ1n) is 12.6. The van der Waals surface area contributed by atoms with Gasteiger partial charge in [0.15, 0.2) is 5.76 Å². The highest BCUT2D eigenvalue weighted by molar-refractivity contribution is 5.96. The Balaban J connectivity index is 1.42. The van der Waals surface area contributed by atoms with Gasteiger partial charge in [-0.15, -0.1) is 0 Å². The topological polar surface area (TPSA) is 136 Å². The van der Waals surface area contributed by atoms with Crippen molar-refractivity contribution in [1.82, 2.24) is 15.5 Å². The van der Waals surface area contributed by atoms with E-state index in [0.717, 1.165) is 12.0 Å². The Morgan fingerprint density at radius 2 is 1.84 bits per heavy atom. The number of nitrogens with zero attached hydrogens (tertiary/aromatic N) is 2. The molecule has 0 bridgehead atoms. The van der Waals surface area contributed by atoms with Crippen molar-refractivity contribution in [2.24, 2.45) is 5.41 Å². The first-order chi connectivity index (χ1) is 17.4. The van der Waals surface area contributed by atoms with E-state index in [-0.39, 0.29) is 23.2 Å². The molecule has 4 rings (SSSR count). The predicted octanol–water partition coefficient (Wildman–Crippen LogP) is 3.55. The third-order valence-corrected chi connectivity index (χ3v) is 7.37. The van der Waals surface area contributed by atoms with Crippen molar-refractivity contribution in [3.63, 3.8) is 0 Å². The molecule has 0 radical (unpaired) electrons. The van der Waals surface area contributed by atoms with Crippen molar-refractivity contribution in [2.45, 2.75) is 77.0 Å². The fourth-order valence-corrected chi connectivity index (χ4v) is 5.59. The van der Waals surface area contributed by atoms with Crippen LogP contribution in [0.2, 0.25) is 0 Å². The van der Waals surface area contributed by atoms with E-state index in [0.29, 0.717) is 37.1 Å². The summed E-state index contributed by atoms with van der Waals surface area (Å²) in [4.78, 5) is 40.2. The van der Waals surface area contributed by atoms with E-state index < -0.39 is 29.4 Å². The molecule has 3 unspecified atom stereocenters. The number of carbonyl (C=O) groups excluding carboxylic acids is 2. The molecule has 2 amide bonds. The summed E-state index contributed by atoms with van der Waals surface area (Å²) in [5, 5.41) is 25.4. The quantitative estimate of drug-likeness (QED) is 0.545. The summed E-state index contributed by atoms with van der Waals surface area (Å²) in [5.74, 6) is -1.11. The zero-order chi connectivity index (χ0) is 27.0. The molecule has 4 atom stereocenters. The van der Waals surface area contributed by atoms with Crippen LogP contribution in [0.1, 0.15) is 69.5 Å². The molecule has 1 saturated heterocycles. The Kier molecular flexibility index (Phi) is 7.16. The van der Waals surface area contributed by atoms with Crippen molar-refractivity contribution in [3.8, 4) is 17.4 Å². The molecule has 1 aromatic heterocycles. The first-order valence-corrected chi connectivity index (χ1v) is 12.6. The summed E-state index contributed by atoms with van der Waals surface area (Å²) in [6.07, 6.45) is 2.18. The van der Waals surface area contributed by atoms with Crippen LogP contribution < -0.4 is 10.6 Å². The Bertz CT molecular complexity index is 1220. The molecule has 2 fully saturated rings. The number of furan rings is 1. The van der Waals surface area contributed by atoms with Crippen LogP contribution in [-0.4, -0.2) is 58.0 Å². The normalized spacial score (nSPS) is 26.1. The van der Waals surface area contributed by atoms with E-state index in [1.165, 1.54) is 0 Å². The molecule has 37 heavy (non-hydrogen) atoms. The number of hydrogen-bond donors (Lipinski definition) is 3. The Labute approximate surface area is 216 Å². The van der Waals surface area contributed by atoms with Gasteiger partial charge in [-0.2, -0.15) is 5.26 Å². The van der Waals surface area contributed by atoms with Crippen LogP contribution >= 0.6 is 0 Å². The summed E-state index contributed by atoms with van der Waals surface area (Å²) in [5.41, 5.74) is 0.0232. The number of likely N-dealkylation sites (tertiary alicyclic amines) is 1. The van der Waals surface area contributed by atoms with Crippen molar-refractivity contribution >= 4 is 17.8 Å². The van der Waals surface area contributed by atoms with E-state index >= 15 is 0 Å². The van der Waals surface area contributed by atoms with Gasteiger partial charge in [-0.1, -0.05) is 0 Å². The Hall–Kier alpha value is -3.64.